The maximum absolute atomic E-state index is 4.01. The monoisotopic (exact) mass is 123 g/mol. The molecule has 9 heavy (non-hydrogen) atoms. The first kappa shape index (κ1) is 6.20. The van der Waals surface area contributed by atoms with Crippen LogP contribution in [0.4, 0.5) is 0 Å². The Morgan fingerprint density at radius 2 is 2.11 bits per heavy atom. The minimum absolute atomic E-state index is 1.24. The molecular weight excluding hydrogens is 112 g/mol. The van der Waals surface area contributed by atoms with Gasteiger partial charge in [-0.2, -0.15) is 0 Å². The molecule has 0 saturated carbocycles. The molecule has 1 heterocycles. The molecule has 1 aromatic rings. The highest BCUT2D eigenvalue weighted by molar-refractivity contribution is 5.06. The van der Waals surface area contributed by atoms with Crippen LogP contribution in [-0.2, 0) is 7.05 Å². The number of nitrogens with zero attached hydrogens (tertiary/aromatic N) is 2. The number of hydrogen-bond acceptors (Lipinski definition) is 1. The van der Waals surface area contributed by atoms with E-state index in [1.807, 2.05) is 24.1 Å². The Balaban J connectivity index is 3.25. The number of aromatic nitrogens is 2. The molecule has 0 spiro atoms. The molecule has 0 unspecified atom stereocenters. The van der Waals surface area contributed by atoms with Gasteiger partial charge in [-0.3, -0.25) is 0 Å². The van der Waals surface area contributed by atoms with E-state index in [1.54, 1.807) is 0 Å². The van der Waals surface area contributed by atoms with Crippen LogP contribution in [-0.4, -0.2) is 4.98 Å². The molecule has 2 nitrogen and oxygen atoms in total. The van der Waals surface area contributed by atoms with Crippen molar-refractivity contribution < 1.29 is 4.57 Å². The van der Waals surface area contributed by atoms with Crippen LogP contribution >= 0.6 is 0 Å². The van der Waals surface area contributed by atoms with E-state index in [0.29, 0.717) is 0 Å². The summed E-state index contributed by atoms with van der Waals surface area (Å²) in [5.41, 5.74) is 2.50. The summed E-state index contributed by atoms with van der Waals surface area (Å²) in [6, 6.07) is 0. The van der Waals surface area contributed by atoms with Gasteiger partial charge in [0.05, 0.1) is 7.05 Å². The standard InChI is InChI=1S/C7H11N2/c1-6-4-8-5-9(3)7(6)2/h4-5H,1-3H3/q+1. The van der Waals surface area contributed by atoms with Crippen molar-refractivity contribution in [1.29, 1.82) is 0 Å². The Labute approximate surface area is 55.2 Å². The minimum atomic E-state index is 1.24. The smallest absolute Gasteiger partial charge is 0.237 e. The lowest BCUT2D eigenvalue weighted by Crippen LogP contribution is -2.32. The van der Waals surface area contributed by atoms with Gasteiger partial charge in [-0.15, -0.1) is 0 Å². The second kappa shape index (κ2) is 2.13. The van der Waals surface area contributed by atoms with Gasteiger partial charge in [0.15, 0.2) is 0 Å². The van der Waals surface area contributed by atoms with Crippen LogP contribution in [0, 0.1) is 13.8 Å². The van der Waals surface area contributed by atoms with Crippen LogP contribution in [0.1, 0.15) is 11.3 Å². The minimum Gasteiger partial charge on any atom is -0.237 e. The second-order valence-corrected chi connectivity index (χ2v) is 2.27. The van der Waals surface area contributed by atoms with Crippen LogP contribution < -0.4 is 4.57 Å². The van der Waals surface area contributed by atoms with Gasteiger partial charge in [-0.1, -0.05) is 4.98 Å². The van der Waals surface area contributed by atoms with E-state index in [9.17, 15) is 0 Å². The average molecular weight is 123 g/mol. The lowest BCUT2D eigenvalue weighted by Gasteiger charge is -1.94. The first-order valence-electron chi connectivity index (χ1n) is 2.98. The molecule has 0 aliphatic heterocycles. The fourth-order valence-corrected chi connectivity index (χ4v) is 0.703. The summed E-state index contributed by atoms with van der Waals surface area (Å²) in [5, 5.41) is 0. The van der Waals surface area contributed by atoms with Crippen LogP contribution in [0.15, 0.2) is 12.5 Å². The second-order valence-electron chi connectivity index (χ2n) is 2.27. The summed E-state index contributed by atoms with van der Waals surface area (Å²) in [4.78, 5) is 4.01. The molecule has 0 fully saturated rings. The molecular formula is C7H11N2+. The quantitative estimate of drug-likeness (QED) is 0.460. The summed E-state index contributed by atoms with van der Waals surface area (Å²) >= 11 is 0. The number of hydrogen-bond donors (Lipinski definition) is 0. The van der Waals surface area contributed by atoms with Crippen LogP contribution in [0.5, 0.6) is 0 Å². The van der Waals surface area contributed by atoms with Crippen LogP contribution in [0.25, 0.3) is 0 Å². The zero-order valence-corrected chi connectivity index (χ0v) is 6.05. The fraction of sp³-hybridized carbons (Fsp3) is 0.429. The van der Waals surface area contributed by atoms with Gasteiger partial charge in [0.1, 0.15) is 11.9 Å². The highest BCUT2D eigenvalue weighted by Gasteiger charge is 1.99. The van der Waals surface area contributed by atoms with E-state index in [-0.39, 0.29) is 0 Å². The SMILES string of the molecule is Cc1cnc[n+](C)c1C. The molecule has 48 valence electrons. The van der Waals surface area contributed by atoms with Crippen molar-refractivity contribution in [2.75, 3.05) is 0 Å². The fourth-order valence-electron chi connectivity index (χ4n) is 0.703. The topological polar surface area (TPSA) is 16.8 Å². The summed E-state index contributed by atoms with van der Waals surface area (Å²) in [6.45, 7) is 4.14. The lowest BCUT2D eigenvalue weighted by molar-refractivity contribution is -0.681. The van der Waals surface area contributed by atoms with Crippen LogP contribution in [0.3, 0.4) is 0 Å². The Bertz CT molecular complexity index is 198. The molecule has 0 aliphatic rings. The van der Waals surface area contributed by atoms with Crippen molar-refractivity contribution in [1.82, 2.24) is 4.98 Å². The summed E-state index contributed by atoms with van der Waals surface area (Å²) in [7, 11) is 2.00. The third-order valence-electron chi connectivity index (χ3n) is 1.61. The predicted octanol–water partition coefficient (Wildman–Crippen LogP) is 0.523. The maximum Gasteiger partial charge on any atom is 0.286 e. The maximum atomic E-state index is 4.01. The first-order valence-corrected chi connectivity index (χ1v) is 2.98. The van der Waals surface area contributed by atoms with Gasteiger partial charge in [-0.05, 0) is 13.8 Å². The van der Waals surface area contributed by atoms with Crippen molar-refractivity contribution in [3.8, 4) is 0 Å². The largest absolute Gasteiger partial charge is 0.286 e. The first-order chi connectivity index (χ1) is 4.22. The predicted molar refractivity (Wildman–Crippen MR) is 34.9 cm³/mol. The molecule has 0 N–H and O–H groups in total. The molecule has 1 rings (SSSR count). The lowest BCUT2D eigenvalue weighted by atomic mass is 10.3. The summed E-state index contributed by atoms with van der Waals surface area (Å²) in [6.07, 6.45) is 3.68. The third-order valence-corrected chi connectivity index (χ3v) is 1.61. The molecule has 1 aromatic heterocycles. The van der Waals surface area contributed by atoms with Crippen molar-refractivity contribution in [3.05, 3.63) is 23.8 Å². The Morgan fingerprint density at radius 3 is 2.56 bits per heavy atom. The molecule has 0 bridgehead atoms. The normalized spacial score (nSPS) is 9.67. The van der Waals surface area contributed by atoms with Gasteiger partial charge < -0.3 is 0 Å². The van der Waals surface area contributed by atoms with E-state index < -0.39 is 0 Å². The van der Waals surface area contributed by atoms with E-state index in [2.05, 4.69) is 18.8 Å². The molecule has 2 heteroatoms. The van der Waals surface area contributed by atoms with Crippen molar-refractivity contribution in [2.24, 2.45) is 7.05 Å². The molecule has 0 radical (unpaired) electrons. The molecule has 0 atom stereocenters. The molecule has 0 aromatic carbocycles. The Morgan fingerprint density at radius 1 is 1.44 bits per heavy atom. The van der Waals surface area contributed by atoms with E-state index >= 15 is 0 Å². The number of rotatable bonds is 0. The van der Waals surface area contributed by atoms with E-state index in [0.717, 1.165) is 0 Å². The molecule has 0 saturated heterocycles. The Hall–Kier alpha value is -0.920. The summed E-state index contributed by atoms with van der Waals surface area (Å²) in [5.74, 6) is 0. The van der Waals surface area contributed by atoms with Gasteiger partial charge in [0.25, 0.3) is 6.33 Å². The van der Waals surface area contributed by atoms with Crippen molar-refractivity contribution in [3.63, 3.8) is 0 Å². The van der Waals surface area contributed by atoms with Crippen molar-refractivity contribution >= 4 is 0 Å². The highest BCUT2D eigenvalue weighted by Crippen LogP contribution is 1.93. The van der Waals surface area contributed by atoms with Crippen molar-refractivity contribution in [2.45, 2.75) is 13.8 Å². The highest BCUT2D eigenvalue weighted by atomic mass is 15.0. The van der Waals surface area contributed by atoms with E-state index in [4.69, 9.17) is 0 Å². The van der Waals surface area contributed by atoms with Crippen LogP contribution in [0.2, 0.25) is 0 Å². The van der Waals surface area contributed by atoms with Gasteiger partial charge in [-0.25, -0.2) is 4.57 Å². The molecule has 0 aliphatic carbocycles. The zero-order valence-electron chi connectivity index (χ0n) is 6.05. The van der Waals surface area contributed by atoms with Gasteiger partial charge >= 0.3 is 0 Å². The third kappa shape index (κ3) is 1.07. The summed E-state index contributed by atoms with van der Waals surface area (Å²) < 4.78 is 2.01. The number of aryl methyl sites for hydroxylation is 2. The average Bonchev–Trinajstić information content (AvgIpc) is 1.83. The Kier molecular flexibility index (Phi) is 1.47. The molecule has 0 amide bonds. The van der Waals surface area contributed by atoms with Gasteiger partial charge in [0, 0.05) is 5.56 Å². The van der Waals surface area contributed by atoms with Gasteiger partial charge in [0.2, 0.25) is 0 Å². The zero-order chi connectivity index (χ0) is 6.85. The van der Waals surface area contributed by atoms with E-state index in [1.165, 1.54) is 11.3 Å².